The van der Waals surface area contributed by atoms with Crippen molar-refractivity contribution in [2.45, 2.75) is 0 Å². The summed E-state index contributed by atoms with van der Waals surface area (Å²) in [4.78, 5) is 14.5. The lowest BCUT2D eigenvalue weighted by atomic mass is 10.2. The normalized spacial score (nSPS) is 14.0. The van der Waals surface area contributed by atoms with Gasteiger partial charge in [-0.3, -0.25) is 10.1 Å². The SMILES string of the molecule is O=C(NC(=S)Nc1cc(Cl)ccc1N1CCOCC1)c1ccc(Br)cc1. The molecular formula is C18H17BrClN3O2S. The minimum atomic E-state index is -0.273. The van der Waals surface area contributed by atoms with Gasteiger partial charge in [0, 0.05) is 28.1 Å². The molecule has 0 radical (unpaired) electrons. The van der Waals surface area contributed by atoms with Crippen molar-refractivity contribution in [2.24, 2.45) is 0 Å². The second-order valence-corrected chi connectivity index (χ2v) is 7.44. The first-order chi connectivity index (χ1) is 12.5. The van der Waals surface area contributed by atoms with Gasteiger partial charge in [-0.2, -0.15) is 0 Å². The van der Waals surface area contributed by atoms with Crippen molar-refractivity contribution < 1.29 is 9.53 Å². The van der Waals surface area contributed by atoms with Crippen LogP contribution in [-0.4, -0.2) is 37.3 Å². The molecule has 1 aliphatic rings. The quantitative estimate of drug-likeness (QED) is 0.685. The zero-order chi connectivity index (χ0) is 18.5. The molecule has 0 bridgehead atoms. The van der Waals surface area contributed by atoms with Crippen LogP contribution in [0.15, 0.2) is 46.9 Å². The summed E-state index contributed by atoms with van der Waals surface area (Å²) < 4.78 is 6.31. The van der Waals surface area contributed by atoms with Gasteiger partial charge in [0.1, 0.15) is 0 Å². The minimum Gasteiger partial charge on any atom is -0.378 e. The van der Waals surface area contributed by atoms with Gasteiger partial charge >= 0.3 is 0 Å². The Morgan fingerprint density at radius 2 is 1.85 bits per heavy atom. The standard InChI is InChI=1S/C18H17BrClN3O2S/c19-13-3-1-12(2-4-13)17(24)22-18(26)21-15-11-14(20)5-6-16(15)23-7-9-25-10-8-23/h1-6,11H,7-10H2,(H2,21,22,24,26). The first kappa shape index (κ1) is 19.1. The fourth-order valence-electron chi connectivity index (χ4n) is 2.62. The van der Waals surface area contributed by atoms with E-state index in [1.807, 2.05) is 12.1 Å². The number of morpholine rings is 1. The van der Waals surface area contributed by atoms with E-state index in [-0.39, 0.29) is 11.0 Å². The van der Waals surface area contributed by atoms with Gasteiger partial charge in [0.2, 0.25) is 0 Å². The number of carbonyl (C=O) groups excluding carboxylic acids is 1. The highest BCUT2D eigenvalue weighted by molar-refractivity contribution is 9.10. The van der Waals surface area contributed by atoms with Crippen molar-refractivity contribution in [1.29, 1.82) is 0 Å². The van der Waals surface area contributed by atoms with Gasteiger partial charge < -0.3 is 15.0 Å². The molecule has 1 aliphatic heterocycles. The van der Waals surface area contributed by atoms with Gasteiger partial charge in [-0.15, -0.1) is 0 Å². The minimum absolute atomic E-state index is 0.217. The summed E-state index contributed by atoms with van der Waals surface area (Å²) in [5.41, 5.74) is 2.25. The summed E-state index contributed by atoms with van der Waals surface area (Å²) in [6.07, 6.45) is 0. The van der Waals surface area contributed by atoms with Crippen molar-refractivity contribution in [3.8, 4) is 0 Å². The van der Waals surface area contributed by atoms with Gasteiger partial charge in [0.15, 0.2) is 5.11 Å². The maximum absolute atomic E-state index is 12.3. The third-order valence-corrected chi connectivity index (χ3v) is 4.86. The van der Waals surface area contributed by atoms with Crippen LogP contribution in [0.3, 0.4) is 0 Å². The van der Waals surface area contributed by atoms with Crippen LogP contribution in [-0.2, 0) is 4.74 Å². The van der Waals surface area contributed by atoms with Crippen molar-refractivity contribution in [2.75, 3.05) is 36.5 Å². The monoisotopic (exact) mass is 453 g/mol. The summed E-state index contributed by atoms with van der Waals surface area (Å²) in [5, 5.41) is 6.58. The van der Waals surface area contributed by atoms with E-state index in [4.69, 9.17) is 28.6 Å². The third-order valence-electron chi connectivity index (χ3n) is 3.89. The zero-order valence-electron chi connectivity index (χ0n) is 13.8. The van der Waals surface area contributed by atoms with E-state index in [1.54, 1.807) is 30.3 Å². The lowest BCUT2D eigenvalue weighted by molar-refractivity contribution is 0.0977. The van der Waals surface area contributed by atoms with E-state index in [1.165, 1.54) is 0 Å². The molecule has 0 atom stereocenters. The summed E-state index contributed by atoms with van der Waals surface area (Å²) in [6, 6.07) is 12.6. The lowest BCUT2D eigenvalue weighted by Gasteiger charge is -2.30. The highest BCUT2D eigenvalue weighted by Gasteiger charge is 2.16. The Labute approximate surface area is 170 Å². The van der Waals surface area contributed by atoms with Crippen LogP contribution < -0.4 is 15.5 Å². The number of ether oxygens (including phenoxy) is 1. The number of nitrogens with one attached hydrogen (secondary N) is 2. The Hall–Kier alpha value is -1.67. The van der Waals surface area contributed by atoms with Crippen LogP contribution in [0.2, 0.25) is 5.02 Å². The van der Waals surface area contributed by atoms with Crippen LogP contribution in [0.25, 0.3) is 0 Å². The van der Waals surface area contributed by atoms with Crippen molar-refractivity contribution >= 4 is 62.1 Å². The molecule has 1 heterocycles. The molecule has 1 saturated heterocycles. The van der Waals surface area contributed by atoms with E-state index in [0.29, 0.717) is 23.8 Å². The van der Waals surface area contributed by atoms with Crippen molar-refractivity contribution in [1.82, 2.24) is 5.32 Å². The van der Waals surface area contributed by atoms with Gasteiger partial charge in [0.25, 0.3) is 5.91 Å². The fraction of sp³-hybridized carbons (Fsp3) is 0.222. The Kier molecular flexibility index (Phi) is 6.48. The van der Waals surface area contributed by atoms with Crippen LogP contribution in [0.1, 0.15) is 10.4 Å². The number of halogens is 2. The molecule has 26 heavy (non-hydrogen) atoms. The number of amides is 1. The number of thiocarbonyl (C=S) groups is 1. The van der Waals surface area contributed by atoms with Crippen molar-refractivity contribution in [3.05, 3.63) is 57.5 Å². The molecular weight excluding hydrogens is 438 g/mol. The summed E-state index contributed by atoms with van der Waals surface area (Å²) in [7, 11) is 0. The van der Waals surface area contributed by atoms with Gasteiger partial charge in [-0.25, -0.2) is 0 Å². The van der Waals surface area contributed by atoms with Crippen LogP contribution in [0.4, 0.5) is 11.4 Å². The van der Waals surface area contributed by atoms with Crippen LogP contribution in [0.5, 0.6) is 0 Å². The molecule has 0 saturated carbocycles. The molecule has 0 unspecified atom stereocenters. The highest BCUT2D eigenvalue weighted by atomic mass is 79.9. The highest BCUT2D eigenvalue weighted by Crippen LogP contribution is 2.29. The summed E-state index contributed by atoms with van der Waals surface area (Å²) in [6.45, 7) is 2.92. The topological polar surface area (TPSA) is 53.6 Å². The molecule has 3 rings (SSSR count). The van der Waals surface area contributed by atoms with E-state index in [0.717, 1.165) is 28.9 Å². The Morgan fingerprint density at radius 1 is 1.15 bits per heavy atom. The molecule has 136 valence electrons. The first-order valence-corrected chi connectivity index (χ1v) is 9.61. The number of carbonyl (C=O) groups is 1. The lowest BCUT2D eigenvalue weighted by Crippen LogP contribution is -2.38. The van der Waals surface area contributed by atoms with Crippen LogP contribution >= 0.6 is 39.7 Å². The fourth-order valence-corrected chi connectivity index (χ4v) is 3.26. The Bertz CT molecular complexity index is 811. The van der Waals surface area contributed by atoms with Crippen LogP contribution in [0, 0.1) is 0 Å². The molecule has 2 aromatic carbocycles. The first-order valence-electron chi connectivity index (χ1n) is 8.03. The van der Waals surface area contributed by atoms with Gasteiger partial charge in [-0.05, 0) is 54.7 Å². The molecule has 5 nitrogen and oxygen atoms in total. The van der Waals surface area contributed by atoms with Gasteiger partial charge in [-0.1, -0.05) is 27.5 Å². The molecule has 2 aromatic rings. The predicted octanol–water partition coefficient (Wildman–Crippen LogP) is 4.07. The second-order valence-electron chi connectivity index (χ2n) is 5.68. The van der Waals surface area contributed by atoms with E-state index in [9.17, 15) is 4.79 Å². The average Bonchev–Trinajstić information content (AvgIpc) is 2.63. The summed E-state index contributed by atoms with van der Waals surface area (Å²) in [5.74, 6) is -0.273. The van der Waals surface area contributed by atoms with Gasteiger partial charge in [0.05, 0.1) is 24.6 Å². The number of anilines is 2. The molecule has 0 spiro atoms. The van der Waals surface area contributed by atoms with Crippen molar-refractivity contribution in [3.63, 3.8) is 0 Å². The maximum Gasteiger partial charge on any atom is 0.257 e. The second kappa shape index (κ2) is 8.81. The number of hydrogen-bond acceptors (Lipinski definition) is 4. The molecule has 1 amide bonds. The van der Waals surface area contributed by atoms with E-state index >= 15 is 0 Å². The zero-order valence-corrected chi connectivity index (χ0v) is 17.0. The Balaban J connectivity index is 1.71. The number of nitrogens with zero attached hydrogens (tertiary/aromatic N) is 1. The molecule has 8 heteroatoms. The number of benzene rings is 2. The third kappa shape index (κ3) is 4.94. The smallest absolute Gasteiger partial charge is 0.257 e. The maximum atomic E-state index is 12.3. The average molecular weight is 455 g/mol. The van der Waals surface area contributed by atoms with E-state index in [2.05, 4.69) is 31.5 Å². The molecule has 1 fully saturated rings. The molecule has 0 aromatic heterocycles. The largest absolute Gasteiger partial charge is 0.378 e. The molecule has 2 N–H and O–H groups in total. The molecule has 0 aliphatic carbocycles. The number of rotatable bonds is 3. The van der Waals surface area contributed by atoms with E-state index < -0.39 is 0 Å². The number of hydrogen-bond donors (Lipinski definition) is 2. The summed E-state index contributed by atoms with van der Waals surface area (Å²) >= 11 is 14.8. The Morgan fingerprint density at radius 3 is 2.54 bits per heavy atom. The predicted molar refractivity (Wildman–Crippen MR) is 112 cm³/mol.